The van der Waals surface area contributed by atoms with Crippen molar-refractivity contribution >= 4 is 76.6 Å². The normalized spacial score (nSPS) is 12.5. The summed E-state index contributed by atoms with van der Waals surface area (Å²) in [5, 5.41) is 6.85. The van der Waals surface area contributed by atoms with E-state index in [0.717, 1.165) is 133 Å². The van der Waals surface area contributed by atoms with Crippen LogP contribution in [0.3, 0.4) is 0 Å². The van der Waals surface area contributed by atoms with Gasteiger partial charge < -0.3 is 13.7 Å². The van der Waals surface area contributed by atoms with Crippen molar-refractivity contribution in [3.63, 3.8) is 0 Å². The fraction of sp³-hybridized carbons (Fsp3) is 0.100. The molecule has 0 aliphatic carbocycles. The maximum absolute atomic E-state index is 7.06. The van der Waals surface area contributed by atoms with Crippen molar-refractivity contribution in [2.45, 2.75) is 52.4 Å². The van der Waals surface area contributed by atoms with E-state index in [2.05, 4.69) is 291 Å². The highest BCUT2D eigenvalue weighted by molar-refractivity contribution is 6.12. The number of nitrogens with zero attached hydrogens (tertiary/aromatic N) is 5. The standard InChI is InChI=1S/C80H59N5O2/c1-79(2,3)51-34-36-58-56-21-7-8-22-57(56)67-42-50(49-33-38-75-66(41-49)63-26-12-16-32-74(63)87-75)43-73-78(67)83(77-64(65(58)44-51)27-18-31-71(77)84-68-28-13-9-23-59(68)60-24-10-14-29-69(60)84)48-82(73)53-19-17-20-54(46-53)86-55-35-37-62-61-25-11-15-30-70(61)85(72(62)47-55)76-45-52(39-40-81-76)80(4,5)6/h7-47H,1-6H3. The molecule has 17 rings (SSSR count). The molecule has 7 nitrogen and oxygen atoms in total. The summed E-state index contributed by atoms with van der Waals surface area (Å²) in [5.74, 6) is 2.28. The highest BCUT2D eigenvalue weighted by atomic mass is 16.5. The second-order valence-corrected chi connectivity index (χ2v) is 25.4. The van der Waals surface area contributed by atoms with Gasteiger partial charge in [-0.1, -0.05) is 187 Å². The predicted molar refractivity (Wildman–Crippen MR) is 357 cm³/mol. The number of aromatic nitrogens is 5. The molecule has 0 N–H and O–H groups in total. The second kappa shape index (κ2) is 18.9. The third kappa shape index (κ3) is 7.96. The average Bonchev–Trinajstić information content (AvgIpc) is 2.73. The van der Waals surface area contributed by atoms with E-state index in [4.69, 9.17) is 14.1 Å². The largest absolute Gasteiger partial charge is 0.458 e. The minimum atomic E-state index is -0.126. The van der Waals surface area contributed by atoms with Gasteiger partial charge in [-0.25, -0.2) is 4.98 Å². The molecule has 0 unspecified atom stereocenters. The van der Waals surface area contributed by atoms with Gasteiger partial charge in [0.2, 0.25) is 0 Å². The van der Waals surface area contributed by atoms with Crippen molar-refractivity contribution in [1.29, 1.82) is 0 Å². The molecule has 0 atom stereocenters. The monoisotopic (exact) mass is 1120 g/mol. The maximum Gasteiger partial charge on any atom is 0.269 e. The first-order valence-corrected chi connectivity index (χ1v) is 30.0. The van der Waals surface area contributed by atoms with Gasteiger partial charge in [-0.3, -0.25) is 13.7 Å². The third-order valence-corrected chi connectivity index (χ3v) is 18.0. The summed E-state index contributed by atoms with van der Waals surface area (Å²) in [6.45, 7) is 13.7. The maximum atomic E-state index is 7.06. The Kier molecular flexibility index (Phi) is 11.0. The van der Waals surface area contributed by atoms with E-state index in [1.807, 2.05) is 24.4 Å². The Hall–Kier alpha value is -10.8. The molecule has 0 fully saturated rings. The molecule has 7 heteroatoms. The Morgan fingerprint density at radius 2 is 1.01 bits per heavy atom. The predicted octanol–water partition coefficient (Wildman–Crippen LogP) is 20.6. The second-order valence-electron chi connectivity index (χ2n) is 25.4. The zero-order chi connectivity index (χ0) is 58.4. The Morgan fingerprint density at radius 3 is 1.76 bits per heavy atom. The summed E-state index contributed by atoms with van der Waals surface area (Å²) >= 11 is 0. The summed E-state index contributed by atoms with van der Waals surface area (Å²) in [6.07, 6.45) is 6.07. The molecule has 1 aliphatic heterocycles. The fourth-order valence-electron chi connectivity index (χ4n) is 13.7. The number of imidazole rings is 1. The number of fused-ring (bicyclic) bond motifs is 16. The van der Waals surface area contributed by atoms with E-state index < -0.39 is 0 Å². The topological polar surface area (TPSA) is 53.9 Å². The molecule has 16 aromatic rings. The summed E-state index contributed by atoms with van der Waals surface area (Å²) in [5.41, 5.74) is 22.3. The van der Waals surface area contributed by atoms with Crippen LogP contribution in [0, 0.1) is 6.33 Å². The SMILES string of the molecule is CC(C)(C)c1ccnc(-n2c3ccccc3c3ccc(Oc4cccc(-n5[c-][n+]6c7c(cc(-c8ccc9oc%10ccccc%10c9c8)cc75)-c5ccccc5-c5ccc(C(C)(C)C)cc5-c5cccc(-n7c8ccccc8c8ccccc87)c5-6)c4)cc32)c1. The molecule has 1 aliphatic rings. The molecule has 11 aromatic carbocycles. The van der Waals surface area contributed by atoms with Crippen LogP contribution in [0.5, 0.6) is 11.5 Å². The van der Waals surface area contributed by atoms with Crippen LogP contribution in [0.2, 0.25) is 0 Å². The van der Waals surface area contributed by atoms with Crippen molar-refractivity contribution in [2.24, 2.45) is 0 Å². The summed E-state index contributed by atoms with van der Waals surface area (Å²) in [7, 11) is 0. The number of hydrogen-bond acceptors (Lipinski definition) is 3. The van der Waals surface area contributed by atoms with E-state index in [1.165, 1.54) is 27.5 Å². The fourth-order valence-corrected chi connectivity index (χ4v) is 13.7. The molecular weight excluding hydrogens is 1060 g/mol. The first-order chi connectivity index (χ1) is 42.4. The van der Waals surface area contributed by atoms with Crippen molar-refractivity contribution in [3.05, 3.63) is 266 Å². The lowest BCUT2D eigenvalue weighted by Gasteiger charge is -2.24. The number of benzene rings is 11. The highest BCUT2D eigenvalue weighted by Gasteiger charge is 2.30. The van der Waals surface area contributed by atoms with Gasteiger partial charge in [0.15, 0.2) is 0 Å². The van der Waals surface area contributed by atoms with Crippen LogP contribution < -0.4 is 9.30 Å². The van der Waals surface area contributed by atoms with Crippen molar-refractivity contribution < 1.29 is 13.7 Å². The summed E-state index contributed by atoms with van der Waals surface area (Å²) in [4.78, 5) is 4.97. The van der Waals surface area contributed by atoms with Crippen molar-refractivity contribution in [1.82, 2.24) is 18.7 Å². The van der Waals surface area contributed by atoms with Crippen LogP contribution in [0.4, 0.5) is 0 Å². The first-order valence-electron chi connectivity index (χ1n) is 30.0. The van der Waals surface area contributed by atoms with Gasteiger partial charge in [-0.15, -0.1) is 0 Å². The Labute approximate surface area is 503 Å². The summed E-state index contributed by atoms with van der Waals surface area (Å²) < 4.78 is 22.8. The van der Waals surface area contributed by atoms with E-state index in [0.29, 0.717) is 5.75 Å². The molecular formula is C80H59N5O2. The van der Waals surface area contributed by atoms with Gasteiger partial charge in [-0.05, 0) is 157 Å². The molecule has 0 spiro atoms. The lowest BCUT2D eigenvalue weighted by Crippen LogP contribution is -2.33. The van der Waals surface area contributed by atoms with Crippen molar-refractivity contribution in [2.75, 3.05) is 0 Å². The molecule has 0 bridgehead atoms. The van der Waals surface area contributed by atoms with E-state index in [9.17, 15) is 0 Å². The van der Waals surface area contributed by atoms with Gasteiger partial charge in [0.1, 0.15) is 28.5 Å². The Morgan fingerprint density at radius 1 is 0.402 bits per heavy atom. The van der Waals surface area contributed by atoms with Crippen LogP contribution in [-0.2, 0) is 10.8 Å². The van der Waals surface area contributed by atoms with Crippen LogP contribution >= 0.6 is 0 Å². The van der Waals surface area contributed by atoms with E-state index >= 15 is 0 Å². The lowest BCUT2D eigenvalue weighted by molar-refractivity contribution is -0.571. The van der Waals surface area contributed by atoms with Gasteiger partial charge in [-0.2, -0.15) is 0 Å². The van der Waals surface area contributed by atoms with E-state index in [-0.39, 0.29) is 10.8 Å². The zero-order valence-corrected chi connectivity index (χ0v) is 49.2. The van der Waals surface area contributed by atoms with Gasteiger partial charge in [0.05, 0.1) is 50.2 Å². The minimum Gasteiger partial charge on any atom is -0.458 e. The van der Waals surface area contributed by atoms with Crippen LogP contribution in [-0.4, -0.2) is 18.7 Å². The molecule has 0 amide bonds. The van der Waals surface area contributed by atoms with Crippen LogP contribution in [0.1, 0.15) is 52.7 Å². The molecule has 0 radical (unpaired) electrons. The first kappa shape index (κ1) is 50.7. The molecule has 6 heterocycles. The number of pyridine rings is 1. The molecule has 0 saturated carbocycles. The molecule has 416 valence electrons. The van der Waals surface area contributed by atoms with E-state index in [1.54, 1.807) is 0 Å². The number of hydrogen-bond donors (Lipinski definition) is 0. The van der Waals surface area contributed by atoms with Crippen LogP contribution in [0.25, 0.3) is 144 Å². The number of rotatable bonds is 6. The number of ether oxygens (including phenoxy) is 1. The highest BCUT2D eigenvalue weighted by Crippen LogP contribution is 2.48. The molecule has 5 aromatic heterocycles. The number of para-hydroxylation sites is 5. The van der Waals surface area contributed by atoms with Gasteiger partial charge >= 0.3 is 0 Å². The van der Waals surface area contributed by atoms with Crippen molar-refractivity contribution in [3.8, 4) is 78.9 Å². The average molecular weight is 1120 g/mol. The van der Waals surface area contributed by atoms with Gasteiger partial charge in [0, 0.05) is 44.6 Å². The number of furan rings is 1. The third-order valence-electron chi connectivity index (χ3n) is 18.0. The quantitative estimate of drug-likeness (QED) is 0.123. The Balaban J connectivity index is 0.940. The molecule has 87 heavy (non-hydrogen) atoms. The zero-order valence-electron chi connectivity index (χ0n) is 49.2. The van der Waals surface area contributed by atoms with Crippen LogP contribution in [0.15, 0.2) is 253 Å². The minimum absolute atomic E-state index is 0.0515. The molecule has 0 saturated heterocycles. The smallest absolute Gasteiger partial charge is 0.269 e. The summed E-state index contributed by atoms with van der Waals surface area (Å²) in [6, 6.07) is 88.0. The Bertz CT molecular complexity index is 5480. The van der Waals surface area contributed by atoms with Gasteiger partial charge in [0.25, 0.3) is 6.33 Å². The lowest BCUT2D eigenvalue weighted by atomic mass is 9.82.